The molecule has 0 amide bonds. The number of fused-ring (bicyclic) bond motifs is 7. The molecule has 3 saturated carbocycles. The van der Waals surface area contributed by atoms with Gasteiger partial charge in [0, 0.05) is 34.5 Å². The van der Waals surface area contributed by atoms with E-state index in [1.807, 2.05) is 6.92 Å². The van der Waals surface area contributed by atoms with Gasteiger partial charge in [-0.25, -0.2) is 4.85 Å². The second kappa shape index (κ2) is 7.77. The van der Waals surface area contributed by atoms with Gasteiger partial charge in [-0.05, 0) is 54.9 Å². The smallest absolute Gasteiger partial charge is 0.312 e. The molecule has 0 heterocycles. The number of methoxy groups -OCH3 is 1. The molecule has 0 N–H and O–H groups in total. The molecule has 0 aliphatic heterocycles. The molecule has 0 bridgehead atoms. The van der Waals surface area contributed by atoms with Crippen molar-refractivity contribution < 1.29 is 23.9 Å². The minimum absolute atomic E-state index is 0.00784. The molecule has 0 aromatic rings. The lowest BCUT2D eigenvalue weighted by Crippen LogP contribution is -2.67. The zero-order valence-electron chi connectivity index (χ0n) is 24.1. The van der Waals surface area contributed by atoms with Gasteiger partial charge < -0.3 is 9.53 Å². The van der Waals surface area contributed by atoms with E-state index in [1.165, 1.54) is 7.11 Å². The van der Waals surface area contributed by atoms with Crippen molar-refractivity contribution in [2.75, 3.05) is 7.11 Å². The Balaban J connectivity index is 1.74. The number of esters is 1. The van der Waals surface area contributed by atoms with Crippen LogP contribution in [0.3, 0.4) is 0 Å². The fourth-order valence-corrected chi connectivity index (χ4v) is 10.1. The molecule has 0 saturated heterocycles. The van der Waals surface area contributed by atoms with Crippen LogP contribution >= 0.6 is 0 Å². The number of ether oxygens (including phenoxy) is 1. The van der Waals surface area contributed by atoms with Gasteiger partial charge in [0.15, 0.2) is 11.6 Å². The number of allylic oxidation sites excluding steroid dienone is 4. The van der Waals surface area contributed by atoms with Gasteiger partial charge >= 0.3 is 5.97 Å². The molecule has 5 aliphatic carbocycles. The summed E-state index contributed by atoms with van der Waals surface area (Å²) in [6.07, 6.45) is 7.32. The Labute approximate surface area is 226 Å². The van der Waals surface area contributed by atoms with Crippen molar-refractivity contribution in [3.8, 4) is 0 Å². The van der Waals surface area contributed by atoms with Gasteiger partial charge in [0.25, 0.3) is 0 Å². The van der Waals surface area contributed by atoms with Crippen LogP contribution in [0.1, 0.15) is 87.0 Å². The summed E-state index contributed by atoms with van der Waals surface area (Å²) in [6, 6.07) is 0. The van der Waals surface area contributed by atoms with Crippen LogP contribution in [0.4, 0.5) is 0 Å². The number of carbonyl (C=O) groups is 4. The Morgan fingerprint density at radius 3 is 2.24 bits per heavy atom. The summed E-state index contributed by atoms with van der Waals surface area (Å²) in [4.78, 5) is 58.6. The summed E-state index contributed by atoms with van der Waals surface area (Å²) in [5.41, 5.74) is -2.91. The molecule has 5 aliphatic rings. The molecule has 6 nitrogen and oxygen atoms in total. The maximum Gasteiger partial charge on any atom is 0.312 e. The van der Waals surface area contributed by atoms with Crippen LogP contribution in [-0.2, 0) is 23.9 Å². The number of hydrogen-bond donors (Lipinski definition) is 0. The summed E-state index contributed by atoms with van der Waals surface area (Å²) < 4.78 is 5.37. The Kier molecular flexibility index (Phi) is 5.53. The van der Waals surface area contributed by atoms with Gasteiger partial charge in [0.1, 0.15) is 5.78 Å². The first kappa shape index (κ1) is 27.0. The number of ketones is 3. The summed E-state index contributed by atoms with van der Waals surface area (Å²) in [5.74, 6) is -1.68. The van der Waals surface area contributed by atoms with Gasteiger partial charge in [-0.3, -0.25) is 14.4 Å². The average Bonchev–Trinajstić information content (AvgIpc) is 2.82. The zero-order chi connectivity index (χ0) is 28.3. The minimum Gasteiger partial charge on any atom is -0.469 e. The maximum absolute atomic E-state index is 14.4. The molecule has 0 aromatic carbocycles. The average molecular weight is 520 g/mol. The van der Waals surface area contributed by atoms with E-state index in [4.69, 9.17) is 11.3 Å². The number of Topliss-reactive ketones (excluding diaryl/α,β-unsaturated/α-hetero) is 2. The van der Waals surface area contributed by atoms with E-state index < -0.39 is 38.9 Å². The highest BCUT2D eigenvalue weighted by atomic mass is 16.5. The molecular formula is C32H41NO5. The second-order valence-electron chi connectivity index (χ2n) is 14.9. The van der Waals surface area contributed by atoms with E-state index in [-0.39, 0.29) is 46.8 Å². The quantitative estimate of drug-likeness (QED) is 0.318. The van der Waals surface area contributed by atoms with Crippen LogP contribution in [0.25, 0.3) is 4.85 Å². The van der Waals surface area contributed by atoms with Gasteiger partial charge in [-0.1, -0.05) is 60.1 Å². The van der Waals surface area contributed by atoms with E-state index in [2.05, 4.69) is 32.5 Å². The van der Waals surface area contributed by atoms with Crippen molar-refractivity contribution in [3.05, 3.63) is 34.8 Å². The van der Waals surface area contributed by atoms with Crippen molar-refractivity contribution in [1.82, 2.24) is 0 Å². The van der Waals surface area contributed by atoms with Gasteiger partial charge in [-0.15, -0.1) is 0 Å². The van der Waals surface area contributed by atoms with Crippen molar-refractivity contribution in [2.24, 2.45) is 50.2 Å². The Bertz CT molecular complexity index is 1280. The van der Waals surface area contributed by atoms with Crippen molar-refractivity contribution in [2.45, 2.75) is 87.0 Å². The molecule has 0 aromatic heterocycles. The Morgan fingerprint density at radius 1 is 1.00 bits per heavy atom. The third kappa shape index (κ3) is 3.05. The lowest BCUT2D eigenvalue weighted by molar-refractivity contribution is -0.191. The fourth-order valence-electron chi connectivity index (χ4n) is 10.1. The van der Waals surface area contributed by atoms with Gasteiger partial charge in [0.2, 0.25) is 5.70 Å². The first-order chi connectivity index (χ1) is 17.4. The molecule has 0 radical (unpaired) electrons. The zero-order valence-corrected chi connectivity index (χ0v) is 24.1. The van der Waals surface area contributed by atoms with Crippen molar-refractivity contribution in [1.29, 1.82) is 0 Å². The van der Waals surface area contributed by atoms with Crippen LogP contribution in [0.2, 0.25) is 0 Å². The number of hydrogen-bond acceptors (Lipinski definition) is 5. The molecule has 6 heteroatoms. The molecule has 0 unspecified atom stereocenters. The first-order valence-electron chi connectivity index (χ1n) is 14.0. The first-order valence-corrected chi connectivity index (χ1v) is 14.0. The third-order valence-corrected chi connectivity index (χ3v) is 12.1. The summed E-state index contributed by atoms with van der Waals surface area (Å²) in [6.45, 7) is 21.9. The Hall–Kier alpha value is -2.55. The lowest BCUT2D eigenvalue weighted by atomic mass is 9.34. The predicted molar refractivity (Wildman–Crippen MR) is 142 cm³/mol. The Morgan fingerprint density at radius 2 is 1.63 bits per heavy atom. The summed E-state index contributed by atoms with van der Waals surface area (Å²) in [7, 11) is 1.44. The summed E-state index contributed by atoms with van der Waals surface area (Å²) in [5, 5.41) is 0. The number of carbonyl (C=O) groups excluding carboxylic acids is 4. The molecule has 38 heavy (non-hydrogen) atoms. The normalized spacial score (nSPS) is 44.8. The van der Waals surface area contributed by atoms with Gasteiger partial charge in [-0.2, -0.15) is 0 Å². The number of nitrogens with zero attached hydrogens (tertiary/aromatic N) is 1. The SMILES string of the molecule is [C-]#[N+]C1=C[C@]2(C)C3=CC(=O)[C@@H]4[C@@H]5CC(C)(C)CC[C@]5(C(=O)OC)CC[C@@]4(C)[C@]3(C)CC(=O)[C@H]2C(C)(C)C1=O. The third-order valence-electron chi connectivity index (χ3n) is 12.1. The van der Waals surface area contributed by atoms with Crippen molar-refractivity contribution >= 4 is 23.3 Å². The molecule has 204 valence electrons. The van der Waals surface area contributed by atoms with Crippen molar-refractivity contribution in [3.63, 3.8) is 0 Å². The van der Waals surface area contributed by atoms with Crippen LogP contribution in [0.5, 0.6) is 0 Å². The van der Waals surface area contributed by atoms with E-state index in [0.29, 0.717) is 19.3 Å². The highest BCUT2D eigenvalue weighted by Crippen LogP contribution is 2.74. The highest BCUT2D eigenvalue weighted by Gasteiger charge is 2.72. The largest absolute Gasteiger partial charge is 0.469 e. The second-order valence-corrected chi connectivity index (χ2v) is 14.9. The minimum atomic E-state index is -1.04. The topological polar surface area (TPSA) is 81.9 Å². The van der Waals surface area contributed by atoms with E-state index >= 15 is 0 Å². The van der Waals surface area contributed by atoms with E-state index in [1.54, 1.807) is 26.0 Å². The van der Waals surface area contributed by atoms with Gasteiger partial charge in [0.05, 0.1) is 19.1 Å². The molecule has 3 fully saturated rings. The van der Waals surface area contributed by atoms with E-state index in [9.17, 15) is 19.2 Å². The van der Waals surface area contributed by atoms with Crippen LogP contribution in [0, 0.1) is 56.8 Å². The molecule has 5 rings (SSSR count). The monoisotopic (exact) mass is 519 g/mol. The maximum atomic E-state index is 14.4. The predicted octanol–water partition coefficient (Wildman–Crippen LogP) is 5.91. The standard InChI is InChI=1S/C32H41NO5/c1-27(2)10-12-32(26(37)38-9)13-11-30(6)23(18(32)15-27)20(34)14-22-29(5)16-19(33-8)25(36)28(3,4)24(29)21(35)17-31(22,30)7/h14,16,18,23-24H,10-13,15,17H2,1-7,9H3/t18-,23-,24-,29+,30+,31+,32-/m0/s1. The molecule has 7 atom stereocenters. The molecular weight excluding hydrogens is 478 g/mol. The van der Waals surface area contributed by atoms with E-state index in [0.717, 1.165) is 18.4 Å². The fraction of sp³-hybridized carbons (Fsp3) is 0.719. The van der Waals surface area contributed by atoms with Crippen LogP contribution in [0.15, 0.2) is 23.4 Å². The molecule has 0 spiro atoms. The summed E-state index contributed by atoms with van der Waals surface area (Å²) >= 11 is 0. The number of rotatable bonds is 1. The van der Waals surface area contributed by atoms with Crippen LogP contribution in [-0.4, -0.2) is 30.4 Å². The highest BCUT2D eigenvalue weighted by molar-refractivity contribution is 6.07. The van der Waals surface area contributed by atoms with Crippen LogP contribution < -0.4 is 0 Å². The lowest BCUT2D eigenvalue weighted by Gasteiger charge is -2.68.